The lowest BCUT2D eigenvalue weighted by atomic mass is 10.2. The molecule has 6 heteroatoms. The summed E-state index contributed by atoms with van der Waals surface area (Å²) in [5.74, 6) is -0.836. The van der Waals surface area contributed by atoms with Gasteiger partial charge in [0.1, 0.15) is 4.88 Å². The van der Waals surface area contributed by atoms with E-state index in [0.29, 0.717) is 16.4 Å². The van der Waals surface area contributed by atoms with Crippen LogP contribution in [0.1, 0.15) is 15.2 Å². The normalized spacial score (nSPS) is 10.5. The molecule has 0 aliphatic carbocycles. The van der Waals surface area contributed by atoms with Gasteiger partial charge in [-0.3, -0.25) is 4.79 Å². The van der Waals surface area contributed by atoms with Crippen molar-refractivity contribution in [3.63, 3.8) is 0 Å². The van der Waals surface area contributed by atoms with Gasteiger partial charge in [-0.1, -0.05) is 41.9 Å². The predicted molar refractivity (Wildman–Crippen MR) is 95.4 cm³/mol. The molecule has 1 heterocycles. The molecule has 3 aromatic rings. The number of fused-ring (bicyclic) bond motifs is 1. The quantitative estimate of drug-likeness (QED) is 0.700. The molecule has 0 unspecified atom stereocenters. The Morgan fingerprint density at radius 1 is 1.08 bits per heavy atom. The highest BCUT2D eigenvalue weighted by atomic mass is 35.5. The first-order valence-corrected chi connectivity index (χ1v) is 8.48. The third-order valence-electron chi connectivity index (χ3n) is 3.36. The molecule has 0 bridgehead atoms. The third kappa shape index (κ3) is 4.13. The maximum atomic E-state index is 12.0. The third-order valence-corrected chi connectivity index (χ3v) is 4.71. The molecule has 4 nitrogen and oxygen atoms in total. The molecule has 0 aliphatic heterocycles. The summed E-state index contributed by atoms with van der Waals surface area (Å²) in [7, 11) is 0. The smallest absolute Gasteiger partial charge is 0.348 e. The van der Waals surface area contributed by atoms with Crippen LogP contribution in [0.25, 0.3) is 10.1 Å². The number of esters is 1. The van der Waals surface area contributed by atoms with E-state index in [9.17, 15) is 9.59 Å². The molecule has 1 N–H and O–H groups in total. The molecule has 0 aliphatic rings. The van der Waals surface area contributed by atoms with E-state index in [1.807, 2.05) is 36.4 Å². The number of carbonyl (C=O) groups is 2. The number of rotatable bonds is 5. The van der Waals surface area contributed by atoms with Crippen LogP contribution in [0.2, 0.25) is 5.02 Å². The van der Waals surface area contributed by atoms with Crippen LogP contribution in [0.5, 0.6) is 0 Å². The van der Waals surface area contributed by atoms with Gasteiger partial charge in [-0.15, -0.1) is 11.3 Å². The van der Waals surface area contributed by atoms with Crippen LogP contribution in [-0.2, 0) is 16.1 Å². The minimum absolute atomic E-state index is 0.305. The zero-order valence-corrected chi connectivity index (χ0v) is 14.2. The standard InChI is InChI=1S/C18H14ClNO3S/c19-14-7-5-12(6-8-14)10-20-17(21)11-23-18(22)16-9-13-3-1-2-4-15(13)24-16/h1-9H,10-11H2,(H,20,21). The van der Waals surface area contributed by atoms with Gasteiger partial charge >= 0.3 is 5.97 Å². The van der Waals surface area contributed by atoms with Gasteiger partial charge in [0.25, 0.3) is 5.91 Å². The molecule has 122 valence electrons. The summed E-state index contributed by atoms with van der Waals surface area (Å²) < 4.78 is 6.08. The van der Waals surface area contributed by atoms with Gasteiger partial charge in [0, 0.05) is 16.3 Å². The van der Waals surface area contributed by atoms with Gasteiger partial charge in [0.15, 0.2) is 6.61 Å². The molecule has 0 saturated heterocycles. The minimum Gasteiger partial charge on any atom is -0.451 e. The van der Waals surface area contributed by atoms with Crippen molar-refractivity contribution >= 4 is 44.9 Å². The molecule has 1 amide bonds. The molecule has 0 radical (unpaired) electrons. The lowest BCUT2D eigenvalue weighted by molar-refractivity contribution is -0.124. The number of halogens is 1. The van der Waals surface area contributed by atoms with Crippen molar-refractivity contribution in [3.05, 3.63) is 70.1 Å². The molecule has 0 spiro atoms. The Hall–Kier alpha value is -2.37. The van der Waals surface area contributed by atoms with Crippen molar-refractivity contribution in [2.75, 3.05) is 6.61 Å². The van der Waals surface area contributed by atoms with Crippen molar-refractivity contribution in [1.29, 1.82) is 0 Å². The first-order valence-electron chi connectivity index (χ1n) is 7.29. The molecular formula is C18H14ClNO3S. The van der Waals surface area contributed by atoms with Gasteiger partial charge in [-0.2, -0.15) is 0 Å². The molecule has 24 heavy (non-hydrogen) atoms. The van der Waals surface area contributed by atoms with Crippen molar-refractivity contribution in [2.24, 2.45) is 0 Å². The molecular weight excluding hydrogens is 346 g/mol. The lowest BCUT2D eigenvalue weighted by Crippen LogP contribution is -2.28. The summed E-state index contributed by atoms with van der Waals surface area (Å²) in [5, 5.41) is 4.32. The van der Waals surface area contributed by atoms with Crippen LogP contribution < -0.4 is 5.32 Å². The Morgan fingerprint density at radius 2 is 1.83 bits per heavy atom. The van der Waals surface area contributed by atoms with Crippen molar-refractivity contribution < 1.29 is 14.3 Å². The largest absolute Gasteiger partial charge is 0.451 e. The first-order chi connectivity index (χ1) is 11.6. The number of thiophene rings is 1. The highest BCUT2D eigenvalue weighted by molar-refractivity contribution is 7.20. The van der Waals surface area contributed by atoms with Gasteiger partial charge in [-0.25, -0.2) is 4.79 Å². The Labute approximate surface area is 148 Å². The molecule has 2 aromatic carbocycles. The van der Waals surface area contributed by atoms with Crippen molar-refractivity contribution in [3.8, 4) is 0 Å². The summed E-state index contributed by atoms with van der Waals surface area (Å²) in [5.41, 5.74) is 0.920. The molecule has 3 rings (SSSR count). The van der Waals surface area contributed by atoms with E-state index in [1.165, 1.54) is 11.3 Å². The second-order valence-corrected chi connectivity index (χ2v) is 6.65. The topological polar surface area (TPSA) is 55.4 Å². The monoisotopic (exact) mass is 359 g/mol. The number of benzene rings is 2. The summed E-state index contributed by atoms with van der Waals surface area (Å²) >= 11 is 7.15. The van der Waals surface area contributed by atoms with Crippen LogP contribution in [0.15, 0.2) is 54.6 Å². The number of hydrogen-bond acceptors (Lipinski definition) is 4. The number of ether oxygens (including phenoxy) is 1. The van der Waals surface area contributed by atoms with Gasteiger partial charge in [-0.05, 0) is 35.2 Å². The SMILES string of the molecule is O=C(COC(=O)c1cc2ccccc2s1)NCc1ccc(Cl)cc1. The van der Waals surface area contributed by atoms with E-state index in [0.717, 1.165) is 15.6 Å². The van der Waals surface area contributed by atoms with Crippen LogP contribution in [0.4, 0.5) is 0 Å². The van der Waals surface area contributed by atoms with Crippen molar-refractivity contribution in [2.45, 2.75) is 6.54 Å². The molecule has 0 saturated carbocycles. The van der Waals surface area contributed by atoms with Gasteiger partial charge < -0.3 is 10.1 Å². The Morgan fingerprint density at radius 3 is 2.58 bits per heavy atom. The maximum absolute atomic E-state index is 12.0. The van der Waals surface area contributed by atoms with E-state index >= 15 is 0 Å². The Balaban J connectivity index is 1.50. The summed E-state index contributed by atoms with van der Waals surface area (Å²) in [6.07, 6.45) is 0. The maximum Gasteiger partial charge on any atom is 0.348 e. The van der Waals surface area contributed by atoms with E-state index in [1.54, 1.807) is 18.2 Å². The van der Waals surface area contributed by atoms with E-state index in [2.05, 4.69) is 5.32 Å². The zero-order valence-electron chi connectivity index (χ0n) is 12.6. The second kappa shape index (κ2) is 7.47. The van der Waals surface area contributed by atoms with Crippen LogP contribution in [-0.4, -0.2) is 18.5 Å². The van der Waals surface area contributed by atoms with E-state index in [4.69, 9.17) is 16.3 Å². The van der Waals surface area contributed by atoms with E-state index < -0.39 is 5.97 Å². The first kappa shape index (κ1) is 16.5. The van der Waals surface area contributed by atoms with Gasteiger partial charge in [0.05, 0.1) is 0 Å². The molecule has 0 fully saturated rings. The average Bonchev–Trinajstić information content (AvgIpc) is 3.03. The molecule has 0 atom stereocenters. The number of amides is 1. The minimum atomic E-state index is -0.488. The predicted octanol–water partition coefficient (Wildman–Crippen LogP) is 4.03. The zero-order chi connectivity index (χ0) is 16.9. The van der Waals surface area contributed by atoms with Crippen LogP contribution in [0, 0.1) is 0 Å². The average molecular weight is 360 g/mol. The van der Waals surface area contributed by atoms with Gasteiger partial charge in [0.2, 0.25) is 0 Å². The molecule has 1 aromatic heterocycles. The summed E-state index contributed by atoms with van der Waals surface area (Å²) in [6, 6.07) is 16.6. The number of nitrogens with one attached hydrogen (secondary N) is 1. The van der Waals surface area contributed by atoms with Crippen LogP contribution in [0.3, 0.4) is 0 Å². The second-order valence-electron chi connectivity index (χ2n) is 5.13. The Bertz CT molecular complexity index is 840. The van der Waals surface area contributed by atoms with Crippen LogP contribution >= 0.6 is 22.9 Å². The number of hydrogen-bond donors (Lipinski definition) is 1. The number of carbonyl (C=O) groups excluding carboxylic acids is 2. The Kier molecular flexibility index (Phi) is 5.13. The highest BCUT2D eigenvalue weighted by Gasteiger charge is 2.13. The lowest BCUT2D eigenvalue weighted by Gasteiger charge is -2.06. The fraction of sp³-hybridized carbons (Fsp3) is 0.111. The fourth-order valence-corrected chi connectivity index (χ4v) is 3.22. The van der Waals surface area contributed by atoms with Crippen molar-refractivity contribution in [1.82, 2.24) is 5.32 Å². The fourth-order valence-electron chi connectivity index (χ4n) is 2.14. The summed E-state index contributed by atoms with van der Waals surface area (Å²) in [4.78, 5) is 24.3. The summed E-state index contributed by atoms with van der Waals surface area (Å²) in [6.45, 7) is 0.0527. The highest BCUT2D eigenvalue weighted by Crippen LogP contribution is 2.25. The van der Waals surface area contributed by atoms with E-state index in [-0.39, 0.29) is 12.5 Å².